The second-order valence-corrected chi connectivity index (χ2v) is 3.06. The van der Waals surface area contributed by atoms with Crippen molar-refractivity contribution in [1.82, 2.24) is 0 Å². The molecule has 1 aromatic rings. The van der Waals surface area contributed by atoms with Gasteiger partial charge in [0.05, 0.1) is 17.0 Å². The standard InChI is InChI=1S/C8H7Cl2FO/c9-4-8(12)5-1-2-6(10)7(11)3-5/h1-3,8,12H,4H2/t8-/m1/s1. The monoisotopic (exact) mass is 208 g/mol. The Bertz CT molecular complexity index is 278. The highest BCUT2D eigenvalue weighted by atomic mass is 35.5. The van der Waals surface area contributed by atoms with Gasteiger partial charge in [0.1, 0.15) is 5.82 Å². The number of benzene rings is 1. The zero-order valence-corrected chi connectivity index (χ0v) is 7.61. The molecule has 1 rings (SSSR count). The molecule has 1 aromatic carbocycles. The Morgan fingerprint density at radius 2 is 2.17 bits per heavy atom. The molecule has 4 heteroatoms. The van der Waals surface area contributed by atoms with Gasteiger partial charge in [0.25, 0.3) is 0 Å². The summed E-state index contributed by atoms with van der Waals surface area (Å²) in [6.07, 6.45) is -0.835. The minimum Gasteiger partial charge on any atom is -0.387 e. The second kappa shape index (κ2) is 4.08. The molecule has 0 unspecified atom stereocenters. The highest BCUT2D eigenvalue weighted by Crippen LogP contribution is 2.20. The lowest BCUT2D eigenvalue weighted by molar-refractivity contribution is 0.202. The lowest BCUT2D eigenvalue weighted by Gasteiger charge is -2.06. The van der Waals surface area contributed by atoms with Crippen molar-refractivity contribution in [1.29, 1.82) is 0 Å². The predicted molar refractivity (Wildman–Crippen MR) is 47.1 cm³/mol. The summed E-state index contributed by atoms with van der Waals surface area (Å²) < 4.78 is 12.8. The maximum atomic E-state index is 12.8. The van der Waals surface area contributed by atoms with Gasteiger partial charge >= 0.3 is 0 Å². The Labute approximate surface area is 79.7 Å². The van der Waals surface area contributed by atoms with Crippen molar-refractivity contribution < 1.29 is 9.50 Å². The van der Waals surface area contributed by atoms with Gasteiger partial charge in [-0.15, -0.1) is 11.6 Å². The number of hydrogen-bond acceptors (Lipinski definition) is 1. The fourth-order valence-electron chi connectivity index (χ4n) is 0.809. The van der Waals surface area contributed by atoms with Gasteiger partial charge in [0.15, 0.2) is 0 Å². The third kappa shape index (κ3) is 2.09. The molecule has 0 fully saturated rings. The predicted octanol–water partition coefficient (Wildman–Crippen LogP) is 2.75. The van der Waals surface area contributed by atoms with Crippen LogP contribution in [0, 0.1) is 5.82 Å². The van der Waals surface area contributed by atoms with Gasteiger partial charge in [-0.2, -0.15) is 0 Å². The molecule has 0 radical (unpaired) electrons. The van der Waals surface area contributed by atoms with Gasteiger partial charge in [0, 0.05) is 0 Å². The maximum Gasteiger partial charge on any atom is 0.142 e. The van der Waals surface area contributed by atoms with E-state index < -0.39 is 11.9 Å². The van der Waals surface area contributed by atoms with Gasteiger partial charge < -0.3 is 5.11 Å². The summed E-state index contributed by atoms with van der Waals surface area (Å²) in [5, 5.41) is 9.25. The Hall–Kier alpha value is -0.310. The fourth-order valence-corrected chi connectivity index (χ4v) is 1.10. The first-order valence-electron chi connectivity index (χ1n) is 3.34. The average molecular weight is 209 g/mol. The van der Waals surface area contributed by atoms with Crippen molar-refractivity contribution in [2.45, 2.75) is 6.10 Å². The fraction of sp³-hybridized carbons (Fsp3) is 0.250. The van der Waals surface area contributed by atoms with Crippen LogP contribution >= 0.6 is 23.2 Å². The Morgan fingerprint density at radius 1 is 1.50 bits per heavy atom. The number of aliphatic hydroxyl groups is 1. The zero-order valence-electron chi connectivity index (χ0n) is 6.10. The van der Waals surface area contributed by atoms with E-state index in [0.29, 0.717) is 5.56 Å². The maximum absolute atomic E-state index is 12.8. The summed E-state index contributed by atoms with van der Waals surface area (Å²) in [7, 11) is 0. The molecular weight excluding hydrogens is 202 g/mol. The minimum absolute atomic E-state index is 0.0422. The highest BCUT2D eigenvalue weighted by molar-refractivity contribution is 6.30. The van der Waals surface area contributed by atoms with Crippen LogP contribution in [-0.4, -0.2) is 11.0 Å². The van der Waals surface area contributed by atoms with Crippen molar-refractivity contribution >= 4 is 23.2 Å². The van der Waals surface area contributed by atoms with Crippen molar-refractivity contribution in [3.63, 3.8) is 0 Å². The SMILES string of the molecule is O[C@H](CCl)c1ccc(Cl)c(F)c1. The number of rotatable bonds is 2. The number of halogens is 3. The van der Waals surface area contributed by atoms with E-state index >= 15 is 0 Å². The molecule has 0 heterocycles. The van der Waals surface area contributed by atoms with Crippen LogP contribution in [0.5, 0.6) is 0 Å². The molecule has 12 heavy (non-hydrogen) atoms. The molecule has 0 amide bonds. The Kier molecular flexibility index (Phi) is 3.32. The summed E-state index contributed by atoms with van der Waals surface area (Å²) in [5.41, 5.74) is 0.437. The van der Waals surface area contributed by atoms with Gasteiger partial charge in [-0.3, -0.25) is 0 Å². The summed E-state index contributed by atoms with van der Waals surface area (Å²) >= 11 is 10.8. The van der Waals surface area contributed by atoms with E-state index in [1.807, 2.05) is 0 Å². The molecule has 1 N–H and O–H groups in total. The molecule has 1 atom stereocenters. The third-order valence-corrected chi connectivity index (χ3v) is 2.07. The first-order chi connectivity index (χ1) is 5.65. The van der Waals surface area contributed by atoms with E-state index in [1.54, 1.807) is 6.07 Å². The number of aliphatic hydroxyl groups excluding tert-OH is 1. The quantitative estimate of drug-likeness (QED) is 0.742. The van der Waals surface area contributed by atoms with E-state index in [1.165, 1.54) is 12.1 Å². The highest BCUT2D eigenvalue weighted by Gasteiger charge is 2.08. The van der Waals surface area contributed by atoms with Crippen LogP contribution in [0.3, 0.4) is 0 Å². The molecular formula is C8H7Cl2FO. The lowest BCUT2D eigenvalue weighted by atomic mass is 10.1. The van der Waals surface area contributed by atoms with Crippen molar-refractivity contribution in [3.8, 4) is 0 Å². The Morgan fingerprint density at radius 3 is 2.67 bits per heavy atom. The van der Waals surface area contributed by atoms with Crippen LogP contribution in [0.2, 0.25) is 5.02 Å². The smallest absolute Gasteiger partial charge is 0.142 e. The molecule has 0 spiro atoms. The van der Waals surface area contributed by atoms with E-state index in [2.05, 4.69) is 0 Å². The van der Waals surface area contributed by atoms with E-state index in [9.17, 15) is 9.50 Å². The summed E-state index contributed by atoms with van der Waals surface area (Å²) in [5.74, 6) is -0.500. The summed E-state index contributed by atoms with van der Waals surface area (Å²) in [4.78, 5) is 0. The van der Waals surface area contributed by atoms with Crippen molar-refractivity contribution in [2.24, 2.45) is 0 Å². The molecule has 0 saturated heterocycles. The van der Waals surface area contributed by atoms with E-state index in [-0.39, 0.29) is 10.9 Å². The topological polar surface area (TPSA) is 20.2 Å². The molecule has 66 valence electrons. The first-order valence-corrected chi connectivity index (χ1v) is 4.25. The molecule has 0 aliphatic heterocycles. The van der Waals surface area contributed by atoms with Gasteiger partial charge in [-0.25, -0.2) is 4.39 Å². The lowest BCUT2D eigenvalue weighted by Crippen LogP contribution is -1.98. The van der Waals surface area contributed by atoms with Crippen LogP contribution in [0.15, 0.2) is 18.2 Å². The molecule has 1 nitrogen and oxygen atoms in total. The van der Waals surface area contributed by atoms with Gasteiger partial charge in [-0.1, -0.05) is 17.7 Å². The van der Waals surface area contributed by atoms with Gasteiger partial charge in [0.2, 0.25) is 0 Å². The molecule has 0 aliphatic rings. The van der Waals surface area contributed by atoms with Crippen molar-refractivity contribution in [2.75, 3.05) is 5.88 Å². The molecule has 0 aliphatic carbocycles. The van der Waals surface area contributed by atoms with Crippen LogP contribution < -0.4 is 0 Å². The van der Waals surface area contributed by atoms with Crippen LogP contribution in [-0.2, 0) is 0 Å². The molecule has 0 bridgehead atoms. The summed E-state index contributed by atoms with van der Waals surface area (Å²) in [6.45, 7) is 0. The third-order valence-electron chi connectivity index (χ3n) is 1.47. The van der Waals surface area contributed by atoms with E-state index in [0.717, 1.165) is 0 Å². The van der Waals surface area contributed by atoms with Crippen LogP contribution in [0.1, 0.15) is 11.7 Å². The zero-order chi connectivity index (χ0) is 9.14. The second-order valence-electron chi connectivity index (χ2n) is 2.34. The van der Waals surface area contributed by atoms with Crippen molar-refractivity contribution in [3.05, 3.63) is 34.6 Å². The summed E-state index contributed by atoms with van der Waals surface area (Å²) in [6, 6.07) is 4.11. The molecule has 0 aromatic heterocycles. The normalized spacial score (nSPS) is 13.0. The number of alkyl halides is 1. The number of hydrogen-bond donors (Lipinski definition) is 1. The van der Waals surface area contributed by atoms with Crippen LogP contribution in [0.25, 0.3) is 0 Å². The van der Waals surface area contributed by atoms with Crippen LogP contribution in [0.4, 0.5) is 4.39 Å². The van der Waals surface area contributed by atoms with Gasteiger partial charge in [-0.05, 0) is 17.7 Å². The minimum atomic E-state index is -0.835. The first kappa shape index (κ1) is 9.78. The Balaban J connectivity index is 2.96. The average Bonchev–Trinajstić information content (AvgIpc) is 2.08. The molecule has 0 saturated carbocycles. The largest absolute Gasteiger partial charge is 0.387 e. The van der Waals surface area contributed by atoms with E-state index in [4.69, 9.17) is 23.2 Å².